The largest absolute Gasteiger partial charge is 0.323 e. The fourth-order valence-electron chi connectivity index (χ4n) is 2.83. The van der Waals surface area contributed by atoms with Crippen LogP contribution >= 0.6 is 11.8 Å². The van der Waals surface area contributed by atoms with Gasteiger partial charge < -0.3 is 5.32 Å². The molecule has 0 saturated heterocycles. The lowest BCUT2D eigenvalue weighted by Gasteiger charge is -2.09. The number of nitrogens with zero attached hydrogens (tertiary/aromatic N) is 5. The van der Waals surface area contributed by atoms with Gasteiger partial charge in [0.15, 0.2) is 11.0 Å². The summed E-state index contributed by atoms with van der Waals surface area (Å²) < 4.78 is 1.88. The van der Waals surface area contributed by atoms with E-state index in [0.717, 1.165) is 11.3 Å². The minimum Gasteiger partial charge on any atom is -0.323 e. The molecule has 0 aliphatic heterocycles. The van der Waals surface area contributed by atoms with E-state index in [4.69, 9.17) is 0 Å². The quantitative estimate of drug-likeness (QED) is 0.477. The van der Waals surface area contributed by atoms with Crippen LogP contribution in [0.25, 0.3) is 17.1 Å². The van der Waals surface area contributed by atoms with Gasteiger partial charge in [0.1, 0.15) is 6.33 Å². The second-order valence-corrected chi connectivity index (χ2v) is 7.69. The average Bonchev–Trinajstić information content (AvgIpc) is 3.24. The zero-order chi connectivity index (χ0) is 20.9. The first-order chi connectivity index (χ1) is 14.6. The van der Waals surface area contributed by atoms with Crippen molar-refractivity contribution in [1.82, 2.24) is 24.7 Å². The Balaban J connectivity index is 1.38. The summed E-state index contributed by atoms with van der Waals surface area (Å²) in [4.78, 5) is 21.0. The number of hydrogen-bond acceptors (Lipinski definition) is 6. The highest BCUT2D eigenvalue weighted by molar-refractivity contribution is 7.99. The van der Waals surface area contributed by atoms with Crippen molar-refractivity contribution in [2.24, 2.45) is 0 Å². The number of amides is 1. The van der Waals surface area contributed by atoms with Gasteiger partial charge in [-0.15, -0.1) is 10.2 Å². The number of benzene rings is 2. The Labute approximate surface area is 178 Å². The molecule has 2 aromatic heterocycles. The molecule has 0 radical (unpaired) electrons. The lowest BCUT2D eigenvalue weighted by atomic mass is 10.1. The van der Waals surface area contributed by atoms with Gasteiger partial charge in [0.05, 0.1) is 23.8 Å². The summed E-state index contributed by atoms with van der Waals surface area (Å²) in [5.74, 6) is 0.652. The number of carbonyl (C=O) groups is 1. The topological polar surface area (TPSA) is 85.6 Å². The Morgan fingerprint density at radius 1 is 1.03 bits per heavy atom. The fourth-order valence-corrected chi connectivity index (χ4v) is 3.56. The number of aryl methyl sites for hydroxylation is 2. The molecule has 0 fully saturated rings. The normalized spacial score (nSPS) is 10.7. The third-order valence-corrected chi connectivity index (χ3v) is 5.53. The predicted octanol–water partition coefficient (Wildman–Crippen LogP) is 4.07. The third kappa shape index (κ3) is 4.55. The van der Waals surface area contributed by atoms with E-state index in [0.29, 0.717) is 16.7 Å². The van der Waals surface area contributed by atoms with Gasteiger partial charge in [0.25, 0.3) is 0 Å². The second kappa shape index (κ2) is 8.87. The van der Waals surface area contributed by atoms with Crippen LogP contribution in [0.3, 0.4) is 0 Å². The Hall–Kier alpha value is -3.52. The van der Waals surface area contributed by atoms with Crippen molar-refractivity contribution in [3.05, 3.63) is 78.4 Å². The summed E-state index contributed by atoms with van der Waals surface area (Å²) in [6.45, 7) is 4.13. The molecule has 30 heavy (non-hydrogen) atoms. The maximum Gasteiger partial charge on any atom is 0.234 e. The van der Waals surface area contributed by atoms with E-state index in [1.54, 1.807) is 18.7 Å². The van der Waals surface area contributed by atoms with Crippen LogP contribution in [0.15, 0.2) is 72.4 Å². The maximum atomic E-state index is 12.4. The smallest absolute Gasteiger partial charge is 0.234 e. The molecule has 2 heterocycles. The van der Waals surface area contributed by atoms with Crippen LogP contribution < -0.4 is 5.32 Å². The highest BCUT2D eigenvalue weighted by Crippen LogP contribution is 2.22. The molecule has 1 N–H and O–H groups in total. The van der Waals surface area contributed by atoms with E-state index in [1.165, 1.54) is 22.9 Å². The number of aromatic nitrogens is 5. The highest BCUT2D eigenvalue weighted by atomic mass is 32.2. The predicted molar refractivity (Wildman–Crippen MR) is 118 cm³/mol. The SMILES string of the molecule is Cc1ccc(-n2cnnc2SCC(=O)Nc2cnc(-c3ccccc3)nc2)cc1C. The number of hydrogen-bond donors (Lipinski definition) is 1. The first-order valence-electron chi connectivity index (χ1n) is 9.38. The van der Waals surface area contributed by atoms with E-state index in [-0.39, 0.29) is 11.7 Å². The molecule has 4 rings (SSSR count). The van der Waals surface area contributed by atoms with Crippen LogP contribution in [0.4, 0.5) is 5.69 Å². The Morgan fingerprint density at radius 2 is 1.80 bits per heavy atom. The van der Waals surface area contributed by atoms with Gasteiger partial charge in [-0.2, -0.15) is 0 Å². The molecule has 0 bridgehead atoms. The zero-order valence-electron chi connectivity index (χ0n) is 16.6. The molecule has 0 aliphatic rings. The molecular weight excluding hydrogens is 396 g/mol. The molecule has 0 atom stereocenters. The number of anilines is 1. The van der Waals surface area contributed by atoms with Gasteiger partial charge in [-0.25, -0.2) is 9.97 Å². The summed E-state index contributed by atoms with van der Waals surface area (Å²) in [5.41, 5.74) is 4.86. The van der Waals surface area contributed by atoms with E-state index < -0.39 is 0 Å². The average molecular weight is 417 g/mol. The monoisotopic (exact) mass is 416 g/mol. The molecule has 0 aliphatic carbocycles. The molecule has 1 amide bonds. The van der Waals surface area contributed by atoms with Crippen LogP contribution in [-0.2, 0) is 4.79 Å². The van der Waals surface area contributed by atoms with E-state index in [1.807, 2.05) is 41.0 Å². The van der Waals surface area contributed by atoms with Gasteiger partial charge >= 0.3 is 0 Å². The van der Waals surface area contributed by atoms with Crippen molar-refractivity contribution >= 4 is 23.4 Å². The van der Waals surface area contributed by atoms with Crippen molar-refractivity contribution in [2.75, 3.05) is 11.1 Å². The molecule has 0 spiro atoms. The van der Waals surface area contributed by atoms with Crippen molar-refractivity contribution in [1.29, 1.82) is 0 Å². The Kier molecular flexibility index (Phi) is 5.85. The van der Waals surface area contributed by atoms with Gasteiger partial charge in [0, 0.05) is 11.3 Å². The van der Waals surface area contributed by atoms with Crippen LogP contribution in [0.2, 0.25) is 0 Å². The molecule has 8 heteroatoms. The van der Waals surface area contributed by atoms with Gasteiger partial charge in [-0.3, -0.25) is 9.36 Å². The summed E-state index contributed by atoms with van der Waals surface area (Å²) in [6.07, 6.45) is 4.87. The van der Waals surface area contributed by atoms with E-state index >= 15 is 0 Å². The van der Waals surface area contributed by atoms with Gasteiger partial charge in [-0.1, -0.05) is 48.2 Å². The molecule has 0 unspecified atom stereocenters. The van der Waals surface area contributed by atoms with Gasteiger partial charge in [-0.05, 0) is 37.1 Å². The first kappa shape index (κ1) is 19.8. The van der Waals surface area contributed by atoms with Crippen molar-refractivity contribution in [2.45, 2.75) is 19.0 Å². The summed E-state index contributed by atoms with van der Waals surface area (Å²) in [5, 5.41) is 11.6. The summed E-state index contributed by atoms with van der Waals surface area (Å²) in [7, 11) is 0. The number of rotatable bonds is 6. The lowest BCUT2D eigenvalue weighted by Crippen LogP contribution is -2.15. The molecule has 7 nitrogen and oxygen atoms in total. The maximum absolute atomic E-state index is 12.4. The molecule has 2 aromatic carbocycles. The lowest BCUT2D eigenvalue weighted by molar-refractivity contribution is -0.113. The Morgan fingerprint density at radius 3 is 2.53 bits per heavy atom. The van der Waals surface area contributed by atoms with Crippen LogP contribution in [0.5, 0.6) is 0 Å². The zero-order valence-corrected chi connectivity index (χ0v) is 17.4. The Bertz CT molecular complexity index is 1160. The first-order valence-corrected chi connectivity index (χ1v) is 10.4. The summed E-state index contributed by atoms with van der Waals surface area (Å²) >= 11 is 1.32. The fraction of sp³-hybridized carbons (Fsp3) is 0.136. The van der Waals surface area contributed by atoms with Crippen molar-refractivity contribution < 1.29 is 4.79 Å². The minimum atomic E-state index is -0.161. The van der Waals surface area contributed by atoms with Crippen molar-refractivity contribution in [3.63, 3.8) is 0 Å². The van der Waals surface area contributed by atoms with Gasteiger partial charge in [0.2, 0.25) is 5.91 Å². The number of thioether (sulfide) groups is 1. The molecule has 150 valence electrons. The minimum absolute atomic E-state index is 0.161. The summed E-state index contributed by atoms with van der Waals surface area (Å²) in [6, 6.07) is 15.8. The molecule has 0 saturated carbocycles. The van der Waals surface area contributed by atoms with E-state index in [2.05, 4.69) is 51.5 Å². The molecule has 4 aromatic rings. The third-order valence-electron chi connectivity index (χ3n) is 4.59. The van der Waals surface area contributed by atoms with Crippen molar-refractivity contribution in [3.8, 4) is 17.1 Å². The standard InChI is InChI=1S/C22H20N6OS/c1-15-8-9-19(10-16(15)2)28-14-25-27-22(28)30-13-20(29)26-18-11-23-21(24-12-18)17-6-4-3-5-7-17/h3-12,14H,13H2,1-2H3,(H,26,29). The van der Waals surface area contributed by atoms with Crippen LogP contribution in [0, 0.1) is 13.8 Å². The van der Waals surface area contributed by atoms with E-state index in [9.17, 15) is 4.79 Å². The number of carbonyl (C=O) groups excluding carboxylic acids is 1. The second-order valence-electron chi connectivity index (χ2n) is 6.75. The highest BCUT2D eigenvalue weighted by Gasteiger charge is 2.11. The van der Waals surface area contributed by atoms with Crippen LogP contribution in [-0.4, -0.2) is 36.4 Å². The van der Waals surface area contributed by atoms with Crippen LogP contribution in [0.1, 0.15) is 11.1 Å². The number of nitrogens with one attached hydrogen (secondary N) is 1. The molecular formula is C22H20N6OS.